The summed E-state index contributed by atoms with van der Waals surface area (Å²) in [4.78, 5) is 68.5. The van der Waals surface area contributed by atoms with Gasteiger partial charge in [-0.1, -0.05) is 39.0 Å². The van der Waals surface area contributed by atoms with Crippen LogP contribution in [0.4, 0.5) is 27.9 Å². The summed E-state index contributed by atoms with van der Waals surface area (Å²) in [6.07, 6.45) is 17.5. The van der Waals surface area contributed by atoms with Crippen LogP contribution in [0.3, 0.4) is 0 Å². The molecule has 2 aliphatic heterocycles. The van der Waals surface area contributed by atoms with E-state index in [1.54, 1.807) is 43.5 Å². The number of fused-ring (bicyclic) bond motifs is 1. The minimum Gasteiger partial charge on any atom is -0.495 e. The number of carbonyl (C=O) groups excluding carboxylic acids is 4. The number of nitrogens with zero attached hydrogens (tertiary/aromatic N) is 5. The molecular formula is C43H63N9O6. The second kappa shape index (κ2) is 19.4. The smallest absolute Gasteiger partial charge is 0.329 e. The Morgan fingerprint density at radius 3 is 2.34 bits per heavy atom. The highest BCUT2D eigenvalue weighted by Gasteiger charge is 2.41. The molecule has 15 heteroatoms. The number of hydrogen-bond acceptors (Lipinski definition) is 11. The molecule has 0 unspecified atom stereocenters. The van der Waals surface area contributed by atoms with Crippen molar-refractivity contribution >= 4 is 47.0 Å². The SMILES string of the molecule is CC[C@@H]1C(=O)N(C)c2cnc(Nc3ccc(C(=O)NC4CCN(CCNC(=O)N[C@H](C(=O)OC5CCCC5)C5CCCCC5)CC4)cc3OC)nc2N1C1CCCC1. The van der Waals surface area contributed by atoms with E-state index in [-0.39, 0.29) is 54.0 Å². The van der Waals surface area contributed by atoms with Crippen molar-refractivity contribution in [1.82, 2.24) is 30.8 Å². The Hall–Kier alpha value is -4.66. The zero-order chi connectivity index (χ0) is 40.6. The number of methoxy groups -OCH3 is 1. The number of esters is 1. The molecular weight excluding hydrogens is 739 g/mol. The largest absolute Gasteiger partial charge is 0.495 e. The zero-order valence-electron chi connectivity index (χ0n) is 34.6. The molecule has 4 amide bonds. The molecule has 0 bridgehead atoms. The van der Waals surface area contributed by atoms with E-state index in [0.29, 0.717) is 48.1 Å². The van der Waals surface area contributed by atoms with Crippen molar-refractivity contribution in [2.24, 2.45) is 5.92 Å². The molecule has 2 aromatic rings. The van der Waals surface area contributed by atoms with E-state index in [0.717, 1.165) is 109 Å². The average molecular weight is 802 g/mol. The number of ether oxygens (including phenoxy) is 2. The second-order valence-corrected chi connectivity index (χ2v) is 16.8. The van der Waals surface area contributed by atoms with Gasteiger partial charge in [0.05, 0.1) is 19.0 Å². The third kappa shape index (κ3) is 9.78. The summed E-state index contributed by atoms with van der Waals surface area (Å²) in [5.41, 5.74) is 1.82. The highest BCUT2D eigenvalue weighted by Crippen LogP contribution is 2.40. The van der Waals surface area contributed by atoms with Crippen LogP contribution in [0.15, 0.2) is 24.4 Å². The lowest BCUT2D eigenvalue weighted by atomic mass is 9.84. The van der Waals surface area contributed by atoms with Crippen molar-refractivity contribution in [3.8, 4) is 5.75 Å². The fourth-order valence-corrected chi connectivity index (χ4v) is 9.67. The van der Waals surface area contributed by atoms with Crippen LogP contribution < -0.4 is 35.8 Å². The summed E-state index contributed by atoms with van der Waals surface area (Å²) >= 11 is 0. The lowest BCUT2D eigenvalue weighted by Crippen LogP contribution is -2.55. The van der Waals surface area contributed by atoms with Gasteiger partial charge < -0.3 is 45.4 Å². The van der Waals surface area contributed by atoms with Gasteiger partial charge in [-0.15, -0.1) is 0 Å². The van der Waals surface area contributed by atoms with Crippen molar-refractivity contribution in [3.05, 3.63) is 30.0 Å². The van der Waals surface area contributed by atoms with Crippen molar-refractivity contribution < 1.29 is 28.7 Å². The zero-order valence-corrected chi connectivity index (χ0v) is 34.6. The summed E-state index contributed by atoms with van der Waals surface area (Å²) in [6, 6.07) is 4.39. The first-order valence-electron chi connectivity index (χ1n) is 21.9. The van der Waals surface area contributed by atoms with Gasteiger partial charge in [0, 0.05) is 50.9 Å². The number of anilines is 4. The number of nitrogens with one attached hydrogen (secondary N) is 4. The second-order valence-electron chi connectivity index (χ2n) is 16.8. The molecule has 58 heavy (non-hydrogen) atoms. The van der Waals surface area contributed by atoms with Gasteiger partial charge in [0.15, 0.2) is 5.82 Å². The van der Waals surface area contributed by atoms with Gasteiger partial charge >= 0.3 is 12.0 Å². The van der Waals surface area contributed by atoms with Gasteiger partial charge in [-0.05, 0) is 94.7 Å². The maximum absolute atomic E-state index is 13.4. The summed E-state index contributed by atoms with van der Waals surface area (Å²) in [7, 11) is 3.36. The quantitative estimate of drug-likeness (QED) is 0.174. The van der Waals surface area contributed by atoms with Crippen LogP contribution in [-0.4, -0.2) is 109 Å². The Balaban J connectivity index is 0.882. The molecule has 1 aromatic heterocycles. The highest BCUT2D eigenvalue weighted by molar-refractivity contribution is 6.04. The first kappa shape index (κ1) is 41.5. The molecule has 3 aliphatic carbocycles. The van der Waals surface area contributed by atoms with E-state index in [9.17, 15) is 19.2 Å². The monoisotopic (exact) mass is 801 g/mol. The van der Waals surface area contributed by atoms with E-state index in [2.05, 4.69) is 36.1 Å². The maximum Gasteiger partial charge on any atom is 0.329 e. The van der Waals surface area contributed by atoms with Crippen molar-refractivity contribution in [1.29, 1.82) is 0 Å². The van der Waals surface area contributed by atoms with E-state index >= 15 is 0 Å². The molecule has 316 valence electrons. The number of benzene rings is 1. The molecule has 1 saturated heterocycles. The minimum absolute atomic E-state index is 0.0228. The lowest BCUT2D eigenvalue weighted by Gasteiger charge is -2.43. The Bertz CT molecular complexity index is 1750. The molecule has 3 heterocycles. The normalized spacial score (nSPS) is 21.7. The standard InChI is InChI=1S/C43H63N9O6/c1-4-34-40(54)50(2)35-27-45-42(49-38(35)52(34)31-14-8-9-15-31)47-33-19-18-29(26-36(33)57-3)39(53)46-30-20-23-51(24-21-30)25-22-44-43(56)48-37(28-12-6-5-7-13-28)41(55)58-32-16-10-11-17-32/h18-19,26-28,30-32,34,37H,4-17,20-25H2,1-3H3,(H,46,53)(H2,44,48,56)(H,45,47,49)/t34-,37+/m1/s1. The third-order valence-electron chi connectivity index (χ3n) is 13.0. The Morgan fingerprint density at radius 2 is 1.64 bits per heavy atom. The van der Waals surface area contributed by atoms with Crippen molar-refractivity contribution in [3.63, 3.8) is 0 Å². The van der Waals surface area contributed by atoms with Crippen molar-refractivity contribution in [2.45, 2.75) is 140 Å². The predicted octanol–water partition coefficient (Wildman–Crippen LogP) is 5.66. The van der Waals surface area contributed by atoms with Crippen LogP contribution in [0.2, 0.25) is 0 Å². The predicted molar refractivity (Wildman–Crippen MR) is 223 cm³/mol. The van der Waals surface area contributed by atoms with E-state index in [1.807, 2.05) is 6.92 Å². The number of amides is 4. The lowest BCUT2D eigenvalue weighted by molar-refractivity contribution is -0.153. The Labute approximate surface area is 342 Å². The van der Waals surface area contributed by atoms with Gasteiger partial charge in [0.2, 0.25) is 11.9 Å². The topological polar surface area (TPSA) is 170 Å². The van der Waals surface area contributed by atoms with Crippen LogP contribution in [0.1, 0.15) is 120 Å². The number of aromatic nitrogens is 2. The number of likely N-dealkylation sites (N-methyl/N-ethyl adjacent to an activating group) is 1. The molecule has 15 nitrogen and oxygen atoms in total. The average Bonchev–Trinajstić information content (AvgIpc) is 3.98. The van der Waals surface area contributed by atoms with Gasteiger partial charge in [-0.2, -0.15) is 4.98 Å². The fourth-order valence-electron chi connectivity index (χ4n) is 9.67. The summed E-state index contributed by atoms with van der Waals surface area (Å²) < 4.78 is 11.5. The van der Waals surface area contributed by atoms with Gasteiger partial charge in [0.25, 0.3) is 5.91 Å². The maximum atomic E-state index is 13.4. The first-order chi connectivity index (χ1) is 28.2. The Morgan fingerprint density at radius 1 is 0.931 bits per heavy atom. The molecule has 0 radical (unpaired) electrons. The molecule has 0 spiro atoms. The number of likely N-dealkylation sites (tertiary alicyclic amines) is 1. The van der Waals surface area contributed by atoms with Gasteiger partial charge in [-0.25, -0.2) is 14.6 Å². The van der Waals surface area contributed by atoms with Gasteiger partial charge in [0.1, 0.15) is 29.6 Å². The first-order valence-corrected chi connectivity index (χ1v) is 21.9. The number of carbonyl (C=O) groups is 4. The van der Waals surface area contributed by atoms with Crippen LogP contribution in [0.25, 0.3) is 0 Å². The molecule has 4 N–H and O–H groups in total. The molecule has 4 fully saturated rings. The van der Waals surface area contributed by atoms with E-state index in [4.69, 9.17) is 14.5 Å². The molecule has 5 aliphatic rings. The van der Waals surface area contributed by atoms with Crippen LogP contribution in [-0.2, 0) is 14.3 Å². The number of piperidine rings is 1. The number of hydrogen-bond donors (Lipinski definition) is 4. The highest BCUT2D eigenvalue weighted by atomic mass is 16.5. The molecule has 3 saturated carbocycles. The summed E-state index contributed by atoms with van der Waals surface area (Å²) in [5, 5.41) is 12.4. The third-order valence-corrected chi connectivity index (χ3v) is 13.0. The Kier molecular flexibility index (Phi) is 13.9. The van der Waals surface area contributed by atoms with E-state index < -0.39 is 6.04 Å². The summed E-state index contributed by atoms with van der Waals surface area (Å²) in [6.45, 7) is 4.77. The van der Waals surface area contributed by atoms with Crippen LogP contribution in [0.5, 0.6) is 5.75 Å². The fraction of sp³-hybridized carbons (Fsp3) is 0.674. The minimum atomic E-state index is -0.603. The number of urea groups is 1. The van der Waals surface area contributed by atoms with Gasteiger partial charge in [-0.3, -0.25) is 9.59 Å². The summed E-state index contributed by atoms with van der Waals surface area (Å²) in [5.74, 6) is 1.37. The van der Waals surface area contributed by atoms with E-state index in [1.165, 1.54) is 6.42 Å². The van der Waals surface area contributed by atoms with Crippen molar-refractivity contribution in [2.75, 3.05) is 55.5 Å². The molecule has 2 atom stereocenters. The number of rotatable bonds is 14. The van der Waals surface area contributed by atoms with Crippen LogP contribution >= 0.6 is 0 Å². The molecule has 1 aromatic carbocycles. The van der Waals surface area contributed by atoms with Crippen LogP contribution in [0, 0.1) is 5.92 Å². The molecule has 7 rings (SSSR count).